The summed E-state index contributed by atoms with van der Waals surface area (Å²) < 4.78 is 31.9. The number of benzene rings is 1. The molecule has 2 N–H and O–H groups in total. The minimum atomic E-state index is -3.59. The molecule has 0 saturated carbocycles. The summed E-state index contributed by atoms with van der Waals surface area (Å²) in [5.41, 5.74) is 0.732. The monoisotopic (exact) mass is 314 g/mol. The van der Waals surface area contributed by atoms with E-state index in [2.05, 4.69) is 10.0 Å². The standard InChI is InChI=1S/C13H15ClN2O3S/c1-15-8-10-7-12(4-5-13(10)14)20(17,18)16-9-11-3-2-6-19-11/h2-7,15-16H,8-9H2,1H3. The molecule has 0 amide bonds. The lowest BCUT2D eigenvalue weighted by atomic mass is 10.2. The normalized spacial score (nSPS) is 11.7. The SMILES string of the molecule is CNCc1cc(S(=O)(=O)NCc2ccco2)ccc1Cl. The molecule has 2 rings (SSSR count). The van der Waals surface area contributed by atoms with E-state index in [-0.39, 0.29) is 11.4 Å². The van der Waals surface area contributed by atoms with Gasteiger partial charge in [-0.3, -0.25) is 0 Å². The number of hydrogen-bond donors (Lipinski definition) is 2. The molecule has 7 heteroatoms. The van der Waals surface area contributed by atoms with Crippen LogP contribution >= 0.6 is 11.6 Å². The Balaban J connectivity index is 2.18. The van der Waals surface area contributed by atoms with E-state index in [1.54, 1.807) is 31.3 Å². The molecule has 0 spiro atoms. The highest BCUT2D eigenvalue weighted by molar-refractivity contribution is 7.89. The van der Waals surface area contributed by atoms with Gasteiger partial charge >= 0.3 is 0 Å². The summed E-state index contributed by atoms with van der Waals surface area (Å²) in [5, 5.41) is 3.47. The van der Waals surface area contributed by atoms with Crippen LogP contribution in [0.15, 0.2) is 45.9 Å². The summed E-state index contributed by atoms with van der Waals surface area (Å²) in [5.74, 6) is 0.554. The number of furan rings is 1. The molecule has 0 fully saturated rings. The van der Waals surface area contributed by atoms with Gasteiger partial charge in [-0.1, -0.05) is 11.6 Å². The summed E-state index contributed by atoms with van der Waals surface area (Å²) in [7, 11) is -1.82. The minimum Gasteiger partial charge on any atom is -0.468 e. The van der Waals surface area contributed by atoms with Gasteiger partial charge in [-0.05, 0) is 42.9 Å². The number of halogens is 1. The lowest BCUT2D eigenvalue weighted by Crippen LogP contribution is -2.23. The van der Waals surface area contributed by atoms with Gasteiger partial charge in [0.05, 0.1) is 17.7 Å². The second-order valence-electron chi connectivity index (χ2n) is 4.19. The molecule has 0 bridgehead atoms. The molecule has 0 aliphatic carbocycles. The number of hydrogen-bond acceptors (Lipinski definition) is 4. The average Bonchev–Trinajstić information content (AvgIpc) is 2.92. The molecule has 0 atom stereocenters. The zero-order chi connectivity index (χ0) is 14.6. The lowest BCUT2D eigenvalue weighted by molar-refractivity contribution is 0.498. The maximum atomic E-state index is 12.2. The van der Waals surface area contributed by atoms with Crippen LogP contribution in [0.3, 0.4) is 0 Å². The predicted octanol–water partition coefficient (Wildman–Crippen LogP) is 2.13. The van der Waals surface area contributed by atoms with Crippen LogP contribution < -0.4 is 10.0 Å². The smallest absolute Gasteiger partial charge is 0.240 e. The Morgan fingerprint density at radius 3 is 2.70 bits per heavy atom. The molecule has 0 aliphatic rings. The number of nitrogens with one attached hydrogen (secondary N) is 2. The molecule has 1 aromatic heterocycles. The van der Waals surface area contributed by atoms with Crippen molar-refractivity contribution in [2.24, 2.45) is 0 Å². The predicted molar refractivity (Wildman–Crippen MR) is 76.9 cm³/mol. The summed E-state index contributed by atoms with van der Waals surface area (Å²) >= 11 is 6.01. The van der Waals surface area contributed by atoms with Crippen molar-refractivity contribution in [3.63, 3.8) is 0 Å². The van der Waals surface area contributed by atoms with Crippen LogP contribution in [0.4, 0.5) is 0 Å². The van der Waals surface area contributed by atoms with Crippen molar-refractivity contribution in [1.82, 2.24) is 10.0 Å². The second kappa shape index (κ2) is 6.41. The Morgan fingerprint density at radius 2 is 2.05 bits per heavy atom. The van der Waals surface area contributed by atoms with Gasteiger partial charge in [0.2, 0.25) is 10.0 Å². The molecule has 1 heterocycles. The molecule has 0 radical (unpaired) electrons. The van der Waals surface area contributed by atoms with Crippen molar-refractivity contribution in [3.05, 3.63) is 52.9 Å². The van der Waals surface area contributed by atoms with Crippen LogP contribution in [-0.4, -0.2) is 15.5 Å². The molecule has 108 valence electrons. The molecule has 1 aromatic carbocycles. The minimum absolute atomic E-state index is 0.110. The summed E-state index contributed by atoms with van der Waals surface area (Å²) in [6.45, 7) is 0.611. The maximum absolute atomic E-state index is 12.2. The van der Waals surface area contributed by atoms with Crippen LogP contribution in [0.5, 0.6) is 0 Å². The Labute approximate surface area is 123 Å². The molecular formula is C13H15ClN2O3S. The third kappa shape index (κ3) is 3.61. The van der Waals surface area contributed by atoms with Crippen molar-refractivity contribution < 1.29 is 12.8 Å². The second-order valence-corrected chi connectivity index (χ2v) is 6.36. The Morgan fingerprint density at radius 1 is 1.25 bits per heavy atom. The molecule has 2 aromatic rings. The van der Waals surface area contributed by atoms with Crippen LogP contribution in [-0.2, 0) is 23.1 Å². The van der Waals surface area contributed by atoms with E-state index in [1.165, 1.54) is 12.3 Å². The van der Waals surface area contributed by atoms with Gasteiger partial charge in [0.1, 0.15) is 5.76 Å². The zero-order valence-electron chi connectivity index (χ0n) is 10.9. The maximum Gasteiger partial charge on any atom is 0.240 e. The summed E-state index contributed by atoms with van der Waals surface area (Å²) in [4.78, 5) is 0.179. The molecule has 5 nitrogen and oxygen atoms in total. The highest BCUT2D eigenvalue weighted by atomic mass is 35.5. The molecular weight excluding hydrogens is 300 g/mol. The molecule has 0 aliphatic heterocycles. The largest absolute Gasteiger partial charge is 0.468 e. The van der Waals surface area contributed by atoms with E-state index < -0.39 is 10.0 Å². The van der Waals surface area contributed by atoms with Crippen molar-refractivity contribution in [2.75, 3.05) is 7.05 Å². The average molecular weight is 315 g/mol. The van der Waals surface area contributed by atoms with E-state index in [1.807, 2.05) is 0 Å². The van der Waals surface area contributed by atoms with Crippen molar-refractivity contribution in [2.45, 2.75) is 18.0 Å². The van der Waals surface area contributed by atoms with Crippen LogP contribution in [0, 0.1) is 0 Å². The number of rotatable bonds is 6. The first-order chi connectivity index (χ1) is 9.53. The summed E-state index contributed by atoms with van der Waals surface area (Å²) in [6.07, 6.45) is 1.50. The third-order valence-corrected chi connectivity index (χ3v) is 4.48. The van der Waals surface area contributed by atoms with Gasteiger partial charge in [-0.2, -0.15) is 0 Å². The fourth-order valence-electron chi connectivity index (χ4n) is 1.71. The third-order valence-electron chi connectivity index (χ3n) is 2.71. The molecule has 0 unspecified atom stereocenters. The van der Waals surface area contributed by atoms with Crippen molar-refractivity contribution in [1.29, 1.82) is 0 Å². The highest BCUT2D eigenvalue weighted by Gasteiger charge is 2.16. The van der Waals surface area contributed by atoms with E-state index in [0.717, 1.165) is 5.56 Å². The van der Waals surface area contributed by atoms with Gasteiger partial charge in [-0.25, -0.2) is 13.1 Å². The highest BCUT2D eigenvalue weighted by Crippen LogP contribution is 2.20. The van der Waals surface area contributed by atoms with E-state index in [9.17, 15) is 8.42 Å². The lowest BCUT2D eigenvalue weighted by Gasteiger charge is -2.09. The van der Waals surface area contributed by atoms with Crippen molar-refractivity contribution in [3.8, 4) is 0 Å². The van der Waals surface area contributed by atoms with Gasteiger partial charge in [0, 0.05) is 11.6 Å². The molecule has 0 saturated heterocycles. The van der Waals surface area contributed by atoms with Gasteiger partial charge in [0.25, 0.3) is 0 Å². The first-order valence-corrected chi connectivity index (χ1v) is 7.84. The first kappa shape index (κ1) is 15.1. The molecule has 20 heavy (non-hydrogen) atoms. The zero-order valence-corrected chi connectivity index (χ0v) is 12.5. The van der Waals surface area contributed by atoms with Crippen LogP contribution in [0.2, 0.25) is 5.02 Å². The Hall–Kier alpha value is -1.34. The van der Waals surface area contributed by atoms with E-state index in [0.29, 0.717) is 17.3 Å². The quantitative estimate of drug-likeness (QED) is 0.857. The number of sulfonamides is 1. The van der Waals surface area contributed by atoms with E-state index >= 15 is 0 Å². The first-order valence-electron chi connectivity index (χ1n) is 5.98. The Bertz CT molecular complexity index is 669. The summed E-state index contributed by atoms with van der Waals surface area (Å²) in [6, 6.07) is 8.03. The van der Waals surface area contributed by atoms with E-state index in [4.69, 9.17) is 16.0 Å². The fourth-order valence-corrected chi connectivity index (χ4v) is 2.93. The fraction of sp³-hybridized carbons (Fsp3) is 0.231. The van der Waals surface area contributed by atoms with Gasteiger partial charge in [-0.15, -0.1) is 0 Å². The topological polar surface area (TPSA) is 71.3 Å². The van der Waals surface area contributed by atoms with Crippen molar-refractivity contribution >= 4 is 21.6 Å². The van der Waals surface area contributed by atoms with Crippen LogP contribution in [0.1, 0.15) is 11.3 Å². The van der Waals surface area contributed by atoms with Gasteiger partial charge in [0.15, 0.2) is 0 Å². The van der Waals surface area contributed by atoms with Crippen LogP contribution in [0.25, 0.3) is 0 Å². The van der Waals surface area contributed by atoms with Gasteiger partial charge < -0.3 is 9.73 Å². The Kier molecular flexibility index (Phi) is 4.82.